The molecular formula is C16H13F3N2O5. The highest BCUT2D eigenvalue weighted by Crippen LogP contribution is 2.19. The van der Waals surface area contributed by atoms with Crippen molar-refractivity contribution in [3.63, 3.8) is 0 Å². The number of rotatable bonds is 6. The Bertz CT molecular complexity index is 824. The molecule has 1 aromatic carbocycles. The van der Waals surface area contributed by atoms with Gasteiger partial charge in [0.15, 0.2) is 29.3 Å². The minimum atomic E-state index is -1.74. The molecule has 2 aromatic rings. The van der Waals surface area contributed by atoms with Gasteiger partial charge in [-0.15, -0.1) is 0 Å². The third-order valence-corrected chi connectivity index (χ3v) is 3.11. The first-order chi connectivity index (χ1) is 12.3. The molecule has 0 saturated carbocycles. The highest BCUT2D eigenvalue weighted by Gasteiger charge is 2.21. The fourth-order valence-electron chi connectivity index (χ4n) is 1.80. The average Bonchev–Trinajstić information content (AvgIpc) is 3.14. The maximum Gasteiger partial charge on any atom is 0.326 e. The summed E-state index contributed by atoms with van der Waals surface area (Å²) in [6, 6.07) is 4.32. The predicted molar refractivity (Wildman–Crippen MR) is 81.5 cm³/mol. The molecule has 26 heavy (non-hydrogen) atoms. The summed E-state index contributed by atoms with van der Waals surface area (Å²) in [5, 5.41) is 4.18. The smallest absolute Gasteiger partial charge is 0.326 e. The molecule has 0 aliphatic carbocycles. The van der Waals surface area contributed by atoms with E-state index in [1.54, 1.807) is 0 Å². The number of hydrogen-bond donors (Lipinski definition) is 2. The number of halogens is 3. The second-order valence-corrected chi connectivity index (χ2v) is 5.00. The topological polar surface area (TPSA) is 97.6 Å². The van der Waals surface area contributed by atoms with Crippen LogP contribution in [0.1, 0.15) is 17.5 Å². The number of amides is 2. The number of furan rings is 1. The number of benzene rings is 1. The van der Waals surface area contributed by atoms with Crippen LogP contribution in [0.4, 0.5) is 18.9 Å². The van der Waals surface area contributed by atoms with Gasteiger partial charge in [-0.1, -0.05) is 0 Å². The van der Waals surface area contributed by atoms with E-state index in [9.17, 15) is 27.6 Å². The molecule has 2 rings (SSSR count). The third kappa shape index (κ3) is 4.62. The van der Waals surface area contributed by atoms with E-state index in [-0.39, 0.29) is 5.76 Å². The quantitative estimate of drug-likeness (QED) is 0.599. The van der Waals surface area contributed by atoms with Crippen LogP contribution in [-0.4, -0.2) is 30.4 Å². The third-order valence-electron chi connectivity index (χ3n) is 3.11. The van der Waals surface area contributed by atoms with Crippen LogP contribution in [0.5, 0.6) is 0 Å². The fraction of sp³-hybridized carbons (Fsp3) is 0.188. The van der Waals surface area contributed by atoms with Gasteiger partial charge in [-0.25, -0.2) is 13.2 Å². The Morgan fingerprint density at radius 3 is 2.54 bits per heavy atom. The lowest BCUT2D eigenvalue weighted by atomic mass is 10.2. The standard InChI is InChI=1S/C16H13F3N2O5/c1-8(15(23)21-10-5-4-9(17)13(18)14(10)19)26-12(22)7-20-16(24)11-3-2-6-25-11/h2-6,8H,7H2,1H3,(H,20,24)(H,21,23)/t8-/m1/s1. The van der Waals surface area contributed by atoms with Crippen LogP contribution < -0.4 is 10.6 Å². The van der Waals surface area contributed by atoms with Gasteiger partial charge >= 0.3 is 5.97 Å². The number of nitrogens with one attached hydrogen (secondary N) is 2. The van der Waals surface area contributed by atoms with Crippen LogP contribution in [0.3, 0.4) is 0 Å². The summed E-state index contributed by atoms with van der Waals surface area (Å²) in [5.41, 5.74) is -0.608. The monoisotopic (exact) mass is 370 g/mol. The van der Waals surface area contributed by atoms with Gasteiger partial charge in [0.2, 0.25) is 0 Å². The lowest BCUT2D eigenvalue weighted by Gasteiger charge is -2.14. The molecule has 1 heterocycles. The van der Waals surface area contributed by atoms with Crippen molar-refractivity contribution in [1.29, 1.82) is 0 Å². The zero-order chi connectivity index (χ0) is 19.3. The maximum absolute atomic E-state index is 13.5. The second kappa shape index (κ2) is 8.19. The van der Waals surface area contributed by atoms with Gasteiger partial charge in [0.05, 0.1) is 12.0 Å². The SMILES string of the molecule is C[C@@H](OC(=O)CNC(=O)c1ccco1)C(=O)Nc1ccc(F)c(F)c1F. The molecule has 1 atom stereocenters. The average molecular weight is 370 g/mol. The van der Waals surface area contributed by atoms with E-state index in [0.29, 0.717) is 6.07 Å². The molecule has 0 saturated heterocycles. The molecule has 0 spiro atoms. The van der Waals surface area contributed by atoms with Crippen molar-refractivity contribution in [2.24, 2.45) is 0 Å². The van der Waals surface area contributed by atoms with Gasteiger partial charge in [-0.2, -0.15) is 0 Å². The van der Waals surface area contributed by atoms with Gasteiger partial charge in [0.25, 0.3) is 11.8 Å². The van der Waals surface area contributed by atoms with E-state index >= 15 is 0 Å². The zero-order valence-electron chi connectivity index (χ0n) is 13.3. The first-order valence-electron chi connectivity index (χ1n) is 7.25. The summed E-state index contributed by atoms with van der Waals surface area (Å²) in [4.78, 5) is 35.0. The first kappa shape index (κ1) is 19.0. The van der Waals surface area contributed by atoms with E-state index in [2.05, 4.69) is 5.32 Å². The van der Waals surface area contributed by atoms with Crippen LogP contribution in [0, 0.1) is 17.5 Å². The Morgan fingerprint density at radius 1 is 1.15 bits per heavy atom. The Balaban J connectivity index is 1.85. The molecule has 1 aromatic heterocycles. The van der Waals surface area contributed by atoms with Crippen molar-refractivity contribution in [3.8, 4) is 0 Å². The van der Waals surface area contributed by atoms with Crippen LogP contribution in [0.2, 0.25) is 0 Å². The van der Waals surface area contributed by atoms with Crippen molar-refractivity contribution in [2.45, 2.75) is 13.0 Å². The predicted octanol–water partition coefficient (Wildman–Crippen LogP) is 2.00. The van der Waals surface area contributed by atoms with Gasteiger partial charge < -0.3 is 19.8 Å². The number of ether oxygens (including phenoxy) is 1. The highest BCUT2D eigenvalue weighted by molar-refractivity contribution is 5.96. The number of esters is 1. The first-order valence-corrected chi connectivity index (χ1v) is 7.25. The minimum Gasteiger partial charge on any atom is -0.459 e. The van der Waals surface area contributed by atoms with E-state index in [1.807, 2.05) is 5.32 Å². The van der Waals surface area contributed by atoms with E-state index in [0.717, 1.165) is 6.07 Å². The number of carbonyl (C=O) groups is 3. The number of anilines is 1. The van der Waals surface area contributed by atoms with Gasteiger partial charge in [0.1, 0.15) is 6.54 Å². The normalized spacial score (nSPS) is 11.5. The molecule has 0 unspecified atom stereocenters. The minimum absolute atomic E-state index is 0.0163. The lowest BCUT2D eigenvalue weighted by Crippen LogP contribution is -2.35. The van der Waals surface area contributed by atoms with Gasteiger partial charge in [0, 0.05) is 0 Å². The summed E-state index contributed by atoms with van der Waals surface area (Å²) in [6.45, 7) is 0.635. The molecule has 0 bridgehead atoms. The van der Waals surface area contributed by atoms with E-state index in [4.69, 9.17) is 9.15 Å². The van der Waals surface area contributed by atoms with Crippen LogP contribution in [0.25, 0.3) is 0 Å². The Morgan fingerprint density at radius 2 is 1.88 bits per heavy atom. The van der Waals surface area contributed by atoms with Gasteiger partial charge in [-0.05, 0) is 31.2 Å². The van der Waals surface area contributed by atoms with Crippen molar-refractivity contribution in [2.75, 3.05) is 11.9 Å². The van der Waals surface area contributed by atoms with Gasteiger partial charge in [-0.3, -0.25) is 14.4 Å². The van der Waals surface area contributed by atoms with Crippen molar-refractivity contribution >= 4 is 23.5 Å². The van der Waals surface area contributed by atoms with Crippen LogP contribution in [0.15, 0.2) is 34.9 Å². The molecule has 138 valence electrons. The van der Waals surface area contributed by atoms with Crippen molar-refractivity contribution in [1.82, 2.24) is 5.32 Å². The maximum atomic E-state index is 13.5. The largest absolute Gasteiger partial charge is 0.459 e. The molecule has 0 radical (unpaired) electrons. The molecule has 0 aliphatic rings. The fourth-order valence-corrected chi connectivity index (χ4v) is 1.80. The summed E-state index contributed by atoms with van der Waals surface area (Å²) in [6.07, 6.45) is -0.104. The molecular weight excluding hydrogens is 357 g/mol. The molecule has 2 N–H and O–H groups in total. The Kier molecular flexibility index (Phi) is 5.99. The second-order valence-electron chi connectivity index (χ2n) is 5.00. The zero-order valence-corrected chi connectivity index (χ0v) is 13.3. The summed E-state index contributed by atoms with van der Waals surface area (Å²) in [5.74, 6) is -7.33. The number of carbonyl (C=O) groups excluding carboxylic acids is 3. The number of hydrogen-bond acceptors (Lipinski definition) is 5. The summed E-state index contributed by atoms with van der Waals surface area (Å²) < 4.78 is 49.0. The van der Waals surface area contributed by atoms with E-state index in [1.165, 1.54) is 25.3 Å². The summed E-state index contributed by atoms with van der Waals surface area (Å²) >= 11 is 0. The molecule has 7 nitrogen and oxygen atoms in total. The molecule has 10 heteroatoms. The molecule has 0 aliphatic heterocycles. The summed E-state index contributed by atoms with van der Waals surface area (Å²) in [7, 11) is 0. The van der Waals surface area contributed by atoms with E-state index < -0.39 is 53.6 Å². The Labute approximate surface area is 145 Å². The van der Waals surface area contributed by atoms with Crippen LogP contribution in [-0.2, 0) is 14.3 Å². The molecule has 2 amide bonds. The van der Waals surface area contributed by atoms with Crippen molar-refractivity contribution in [3.05, 3.63) is 53.7 Å². The highest BCUT2D eigenvalue weighted by atomic mass is 19.2. The molecule has 0 fully saturated rings. The Hall–Kier alpha value is -3.30. The van der Waals surface area contributed by atoms with Crippen LogP contribution >= 0.6 is 0 Å². The van der Waals surface area contributed by atoms with Crippen molar-refractivity contribution < 1.29 is 36.7 Å². The lowest BCUT2D eigenvalue weighted by molar-refractivity contribution is -0.152.